The fourth-order valence-electron chi connectivity index (χ4n) is 2.16. The number of hydrogen-bond donors (Lipinski definition) is 1. The highest BCUT2D eigenvalue weighted by atomic mass is 19.4. The molecule has 16 heavy (non-hydrogen) atoms. The first-order chi connectivity index (χ1) is 7.38. The van der Waals surface area contributed by atoms with Gasteiger partial charge in [0.15, 0.2) is 0 Å². The lowest BCUT2D eigenvalue weighted by Gasteiger charge is -2.37. The van der Waals surface area contributed by atoms with Crippen molar-refractivity contribution in [1.82, 2.24) is 10.2 Å². The first kappa shape index (κ1) is 11.7. The molecule has 1 saturated heterocycles. The number of nitrogens with one attached hydrogen (secondary N) is 1. The molecule has 1 heterocycles. The topological polar surface area (TPSA) is 32.3 Å². The number of piperazine rings is 1. The second-order valence-corrected chi connectivity index (χ2v) is 4.63. The second-order valence-electron chi connectivity index (χ2n) is 4.63. The minimum atomic E-state index is -4.39. The average Bonchev–Trinajstić information content (AvgIpc) is 2.97. The molecule has 0 aromatic heterocycles. The molecule has 1 amide bonds. The maximum Gasteiger partial charge on any atom is 0.403 e. The van der Waals surface area contributed by atoms with Gasteiger partial charge >= 0.3 is 6.18 Å². The van der Waals surface area contributed by atoms with Gasteiger partial charge in [-0.2, -0.15) is 13.2 Å². The van der Waals surface area contributed by atoms with E-state index in [9.17, 15) is 18.0 Å². The summed E-state index contributed by atoms with van der Waals surface area (Å²) in [5.74, 6) is -0.728. The SMILES string of the molecule is C[C@H]1CNCCN1C(=O)C1(C(F)(F)F)CC1. The van der Waals surface area contributed by atoms with Crippen LogP contribution in [-0.4, -0.2) is 42.7 Å². The molecule has 0 radical (unpaired) electrons. The predicted octanol–water partition coefficient (Wildman–Crippen LogP) is 1.15. The Morgan fingerprint density at radius 2 is 2.06 bits per heavy atom. The van der Waals surface area contributed by atoms with Gasteiger partial charge in [0.1, 0.15) is 5.41 Å². The minimum absolute atomic E-state index is 0.0496. The van der Waals surface area contributed by atoms with E-state index in [1.807, 2.05) is 0 Å². The summed E-state index contributed by atoms with van der Waals surface area (Å²) in [6.45, 7) is 3.29. The van der Waals surface area contributed by atoms with E-state index in [0.29, 0.717) is 19.6 Å². The van der Waals surface area contributed by atoms with Gasteiger partial charge in [-0.05, 0) is 19.8 Å². The predicted molar refractivity (Wildman–Crippen MR) is 51.8 cm³/mol. The number of halogens is 3. The number of rotatable bonds is 1. The van der Waals surface area contributed by atoms with E-state index in [0.717, 1.165) is 0 Å². The molecule has 1 atom stereocenters. The fraction of sp³-hybridized carbons (Fsp3) is 0.900. The third kappa shape index (κ3) is 1.69. The Hall–Kier alpha value is -0.780. The van der Waals surface area contributed by atoms with Crippen molar-refractivity contribution in [2.45, 2.75) is 32.0 Å². The van der Waals surface area contributed by atoms with Gasteiger partial charge in [0.05, 0.1) is 0 Å². The minimum Gasteiger partial charge on any atom is -0.337 e. The summed E-state index contributed by atoms with van der Waals surface area (Å²) in [5.41, 5.74) is -2.06. The lowest BCUT2D eigenvalue weighted by molar-refractivity contribution is -0.200. The monoisotopic (exact) mass is 236 g/mol. The van der Waals surface area contributed by atoms with Crippen LogP contribution in [0.25, 0.3) is 0 Å². The summed E-state index contributed by atoms with van der Waals surface area (Å²) in [7, 11) is 0. The van der Waals surface area contributed by atoms with Gasteiger partial charge in [-0.1, -0.05) is 0 Å². The van der Waals surface area contributed by atoms with Crippen LogP contribution in [0.4, 0.5) is 13.2 Å². The maximum absolute atomic E-state index is 12.8. The van der Waals surface area contributed by atoms with Crippen LogP contribution in [0.15, 0.2) is 0 Å². The molecule has 0 unspecified atom stereocenters. The van der Waals surface area contributed by atoms with E-state index < -0.39 is 17.5 Å². The van der Waals surface area contributed by atoms with Crippen LogP contribution in [0.3, 0.4) is 0 Å². The summed E-state index contributed by atoms with van der Waals surface area (Å²) in [6, 6.07) is -0.152. The molecule has 2 fully saturated rings. The lowest BCUT2D eigenvalue weighted by atomic mass is 10.0. The number of alkyl halides is 3. The normalized spacial score (nSPS) is 29.0. The number of carbonyl (C=O) groups excluding carboxylic acids is 1. The Morgan fingerprint density at radius 3 is 2.50 bits per heavy atom. The highest BCUT2D eigenvalue weighted by molar-refractivity contribution is 5.86. The van der Waals surface area contributed by atoms with Gasteiger partial charge in [-0.15, -0.1) is 0 Å². The van der Waals surface area contributed by atoms with Crippen LogP contribution in [0.5, 0.6) is 0 Å². The van der Waals surface area contributed by atoms with Gasteiger partial charge in [0.2, 0.25) is 5.91 Å². The largest absolute Gasteiger partial charge is 0.403 e. The summed E-state index contributed by atoms with van der Waals surface area (Å²) < 4.78 is 38.3. The fourth-order valence-corrected chi connectivity index (χ4v) is 2.16. The molecule has 2 aliphatic rings. The Kier molecular flexibility index (Phi) is 2.64. The molecule has 3 nitrogen and oxygen atoms in total. The Bertz CT molecular complexity index is 299. The van der Waals surface area contributed by atoms with E-state index in [-0.39, 0.29) is 18.9 Å². The van der Waals surface area contributed by atoms with Crippen LogP contribution < -0.4 is 5.32 Å². The zero-order chi connectivity index (χ0) is 12.0. The Balaban J connectivity index is 2.13. The van der Waals surface area contributed by atoms with Crippen molar-refractivity contribution in [3.63, 3.8) is 0 Å². The molecule has 0 spiro atoms. The van der Waals surface area contributed by atoms with Crippen molar-refractivity contribution in [2.24, 2.45) is 5.41 Å². The molecular weight excluding hydrogens is 221 g/mol. The van der Waals surface area contributed by atoms with E-state index in [4.69, 9.17) is 0 Å². The standard InChI is InChI=1S/C10H15F3N2O/c1-7-6-14-4-5-15(7)8(16)9(2-3-9)10(11,12)13/h7,14H,2-6H2,1H3/t7-/m0/s1. The summed E-state index contributed by atoms with van der Waals surface area (Å²) in [4.78, 5) is 13.3. The van der Waals surface area contributed by atoms with E-state index in [2.05, 4.69) is 5.32 Å². The quantitative estimate of drug-likeness (QED) is 0.740. The number of carbonyl (C=O) groups is 1. The third-order valence-electron chi connectivity index (χ3n) is 3.46. The summed E-state index contributed by atoms with van der Waals surface area (Å²) in [6.07, 6.45) is -4.49. The smallest absolute Gasteiger partial charge is 0.337 e. The van der Waals surface area contributed by atoms with Gasteiger partial charge in [-0.3, -0.25) is 4.79 Å². The molecule has 1 aliphatic heterocycles. The Morgan fingerprint density at radius 1 is 1.44 bits per heavy atom. The molecule has 2 rings (SSSR count). The van der Waals surface area contributed by atoms with Gasteiger partial charge < -0.3 is 10.2 Å². The van der Waals surface area contributed by atoms with Crippen molar-refractivity contribution in [3.8, 4) is 0 Å². The van der Waals surface area contributed by atoms with Gasteiger partial charge in [0, 0.05) is 25.7 Å². The van der Waals surface area contributed by atoms with Crippen molar-refractivity contribution in [2.75, 3.05) is 19.6 Å². The summed E-state index contributed by atoms with van der Waals surface area (Å²) >= 11 is 0. The second kappa shape index (κ2) is 3.61. The number of nitrogens with zero attached hydrogens (tertiary/aromatic N) is 1. The van der Waals surface area contributed by atoms with Crippen molar-refractivity contribution < 1.29 is 18.0 Å². The highest BCUT2D eigenvalue weighted by Crippen LogP contribution is 2.58. The molecule has 1 N–H and O–H groups in total. The van der Waals surface area contributed by atoms with Crippen molar-refractivity contribution in [1.29, 1.82) is 0 Å². The van der Waals surface area contributed by atoms with E-state index in [1.54, 1.807) is 6.92 Å². The zero-order valence-corrected chi connectivity index (χ0v) is 9.10. The van der Waals surface area contributed by atoms with Crippen LogP contribution in [0.2, 0.25) is 0 Å². The molecule has 0 bridgehead atoms. The lowest BCUT2D eigenvalue weighted by Crippen LogP contribution is -2.56. The van der Waals surface area contributed by atoms with Gasteiger partial charge in [-0.25, -0.2) is 0 Å². The van der Waals surface area contributed by atoms with Crippen LogP contribution in [-0.2, 0) is 4.79 Å². The van der Waals surface area contributed by atoms with Crippen molar-refractivity contribution in [3.05, 3.63) is 0 Å². The summed E-state index contributed by atoms with van der Waals surface area (Å²) in [5, 5.41) is 3.05. The average molecular weight is 236 g/mol. The Labute approximate surface area is 92.0 Å². The molecule has 92 valence electrons. The van der Waals surface area contributed by atoms with Crippen LogP contribution in [0.1, 0.15) is 19.8 Å². The molecule has 1 saturated carbocycles. The maximum atomic E-state index is 12.8. The first-order valence-corrected chi connectivity index (χ1v) is 5.47. The van der Waals surface area contributed by atoms with Gasteiger partial charge in [0.25, 0.3) is 0 Å². The van der Waals surface area contributed by atoms with Crippen molar-refractivity contribution >= 4 is 5.91 Å². The molecule has 0 aromatic rings. The van der Waals surface area contributed by atoms with E-state index >= 15 is 0 Å². The van der Waals surface area contributed by atoms with Crippen LogP contribution >= 0.6 is 0 Å². The first-order valence-electron chi connectivity index (χ1n) is 5.47. The molecule has 0 aromatic carbocycles. The van der Waals surface area contributed by atoms with E-state index in [1.165, 1.54) is 4.90 Å². The molecule has 1 aliphatic carbocycles. The van der Waals surface area contributed by atoms with Crippen LogP contribution in [0, 0.1) is 5.41 Å². The highest BCUT2D eigenvalue weighted by Gasteiger charge is 2.69. The zero-order valence-electron chi connectivity index (χ0n) is 9.10. The number of hydrogen-bond acceptors (Lipinski definition) is 2. The number of amides is 1. The molecular formula is C10H15F3N2O. The molecule has 6 heteroatoms. The third-order valence-corrected chi connectivity index (χ3v) is 3.46.